The number of carbonyl (C=O) groups is 3. The Bertz CT molecular complexity index is 1650. The van der Waals surface area contributed by atoms with Crippen molar-refractivity contribution < 1.29 is 14.4 Å². The Morgan fingerprint density at radius 3 is 2.46 bits per heavy atom. The third kappa shape index (κ3) is 4.58. The van der Waals surface area contributed by atoms with E-state index in [2.05, 4.69) is 10.3 Å². The molecule has 4 heterocycles. The highest BCUT2D eigenvalue weighted by atomic mass is 35.5. The van der Waals surface area contributed by atoms with E-state index in [0.717, 1.165) is 22.5 Å². The van der Waals surface area contributed by atoms with Crippen molar-refractivity contribution in [2.75, 3.05) is 10.2 Å². The number of benzene rings is 2. The molecule has 2 aliphatic rings. The highest BCUT2D eigenvalue weighted by Crippen LogP contribution is 2.53. The first-order chi connectivity index (χ1) is 18.8. The van der Waals surface area contributed by atoms with Gasteiger partial charge in [0.2, 0.25) is 17.7 Å². The van der Waals surface area contributed by atoms with Crippen LogP contribution in [0.5, 0.6) is 0 Å². The van der Waals surface area contributed by atoms with E-state index < -0.39 is 23.0 Å². The molecule has 1 fully saturated rings. The van der Waals surface area contributed by atoms with E-state index in [9.17, 15) is 19.2 Å². The van der Waals surface area contributed by atoms with Crippen molar-refractivity contribution in [3.8, 4) is 0 Å². The summed E-state index contributed by atoms with van der Waals surface area (Å²) in [7, 11) is 0. The van der Waals surface area contributed by atoms with E-state index in [-0.39, 0.29) is 23.2 Å². The second kappa shape index (κ2) is 10.1. The number of aryl methyl sites for hydroxylation is 1. The number of carbonyl (C=O) groups excluding carboxylic acids is 3. The Kier molecular flexibility index (Phi) is 6.62. The number of imide groups is 1. The van der Waals surface area contributed by atoms with Gasteiger partial charge in [0.15, 0.2) is 0 Å². The number of nitrogens with one attached hydrogen (secondary N) is 1. The minimum absolute atomic E-state index is 0.235. The molecule has 2 aliphatic heterocycles. The van der Waals surface area contributed by atoms with Crippen molar-refractivity contribution in [1.82, 2.24) is 9.55 Å². The Hall–Kier alpha value is -3.73. The first-order valence-electron chi connectivity index (χ1n) is 12.1. The SMILES string of the molecule is Cc1ccc(N2C(=O)C3Sc4c(sc(=O)n4CC(=O)Nc4ccc(Cl)cc4)[C@@H](c4cccnc4)C3C2=O)cc1. The first kappa shape index (κ1) is 25.5. The van der Waals surface area contributed by atoms with Gasteiger partial charge in [-0.25, -0.2) is 4.90 Å². The number of hydrogen-bond donors (Lipinski definition) is 1. The highest BCUT2D eigenvalue weighted by Gasteiger charge is 2.56. The molecule has 11 heteroatoms. The van der Waals surface area contributed by atoms with Gasteiger partial charge in [0.25, 0.3) is 0 Å². The van der Waals surface area contributed by atoms with Gasteiger partial charge in [-0.15, -0.1) is 0 Å². The topological polar surface area (TPSA) is 101 Å². The summed E-state index contributed by atoms with van der Waals surface area (Å²) in [5.41, 5.74) is 2.81. The maximum Gasteiger partial charge on any atom is 0.308 e. The number of hydrogen-bond acceptors (Lipinski definition) is 7. The normalized spacial score (nSPS) is 20.1. The summed E-state index contributed by atoms with van der Waals surface area (Å²) in [6.07, 6.45) is 3.30. The molecule has 0 aliphatic carbocycles. The van der Waals surface area contributed by atoms with Crippen molar-refractivity contribution in [3.05, 3.63) is 104 Å². The number of pyridine rings is 1. The van der Waals surface area contributed by atoms with Crippen LogP contribution in [0.2, 0.25) is 5.02 Å². The van der Waals surface area contributed by atoms with Crippen molar-refractivity contribution in [3.63, 3.8) is 0 Å². The van der Waals surface area contributed by atoms with Crippen LogP contribution in [-0.2, 0) is 20.9 Å². The largest absolute Gasteiger partial charge is 0.325 e. The molecule has 8 nitrogen and oxygen atoms in total. The van der Waals surface area contributed by atoms with Gasteiger partial charge in [0.05, 0.1) is 16.6 Å². The predicted octanol–water partition coefficient (Wildman–Crippen LogP) is 4.70. The monoisotopic (exact) mass is 576 g/mol. The number of thiazole rings is 1. The van der Waals surface area contributed by atoms with Crippen molar-refractivity contribution >= 4 is 63.8 Å². The van der Waals surface area contributed by atoms with Crippen LogP contribution in [0.1, 0.15) is 21.9 Å². The maximum absolute atomic E-state index is 13.8. The summed E-state index contributed by atoms with van der Waals surface area (Å²) in [6, 6.07) is 17.5. The third-order valence-corrected chi connectivity index (χ3v) is 9.67. The number of thioether (sulfide) groups is 1. The summed E-state index contributed by atoms with van der Waals surface area (Å²) in [4.78, 5) is 59.5. The summed E-state index contributed by atoms with van der Waals surface area (Å²) in [5, 5.41) is 3.09. The summed E-state index contributed by atoms with van der Waals surface area (Å²) in [6.45, 7) is 1.70. The summed E-state index contributed by atoms with van der Waals surface area (Å²) in [5.74, 6) is -2.31. The number of halogens is 1. The molecule has 196 valence electrons. The molecule has 6 rings (SSSR count). The molecule has 4 aromatic rings. The number of aromatic nitrogens is 2. The van der Waals surface area contributed by atoms with Gasteiger partial charge in [0.1, 0.15) is 11.8 Å². The maximum atomic E-state index is 13.8. The first-order valence-corrected chi connectivity index (χ1v) is 14.2. The van der Waals surface area contributed by atoms with E-state index in [1.165, 1.54) is 21.2 Å². The van der Waals surface area contributed by atoms with Crippen LogP contribution in [0, 0.1) is 12.8 Å². The lowest BCUT2D eigenvalue weighted by atomic mass is 9.84. The Morgan fingerprint density at radius 2 is 1.77 bits per heavy atom. The van der Waals surface area contributed by atoms with E-state index in [0.29, 0.717) is 26.3 Å². The zero-order chi connectivity index (χ0) is 27.3. The zero-order valence-corrected chi connectivity index (χ0v) is 22.9. The van der Waals surface area contributed by atoms with Crippen molar-refractivity contribution in [1.29, 1.82) is 0 Å². The molecular weight excluding hydrogens is 556 g/mol. The van der Waals surface area contributed by atoms with Gasteiger partial charge in [-0.05, 0) is 55.0 Å². The fraction of sp³-hybridized carbons (Fsp3) is 0.179. The second-order valence-corrected chi connectivity index (χ2v) is 11.9. The van der Waals surface area contributed by atoms with E-state index in [1.54, 1.807) is 54.9 Å². The summed E-state index contributed by atoms with van der Waals surface area (Å²) < 4.78 is 1.39. The van der Waals surface area contributed by atoms with Gasteiger partial charge in [-0.3, -0.25) is 28.7 Å². The molecule has 0 saturated carbocycles. The van der Waals surface area contributed by atoms with E-state index >= 15 is 0 Å². The third-order valence-electron chi connectivity index (χ3n) is 6.81. The lowest BCUT2D eigenvalue weighted by Crippen LogP contribution is -2.33. The molecular formula is C28H21ClN4O4S2. The fourth-order valence-electron chi connectivity index (χ4n) is 5.00. The molecule has 2 aromatic heterocycles. The van der Waals surface area contributed by atoms with Crippen LogP contribution in [0.3, 0.4) is 0 Å². The number of anilines is 2. The van der Waals surface area contributed by atoms with E-state index in [1.807, 2.05) is 25.1 Å². The molecule has 3 atom stereocenters. The van der Waals surface area contributed by atoms with Crippen LogP contribution >= 0.6 is 34.7 Å². The van der Waals surface area contributed by atoms with Crippen LogP contribution in [0.25, 0.3) is 0 Å². The second-order valence-electron chi connectivity index (χ2n) is 9.35. The minimum atomic E-state index is -0.754. The number of fused-ring (bicyclic) bond motifs is 2. The van der Waals surface area contributed by atoms with Crippen LogP contribution in [-0.4, -0.2) is 32.5 Å². The van der Waals surface area contributed by atoms with Crippen molar-refractivity contribution in [2.24, 2.45) is 5.92 Å². The Morgan fingerprint density at radius 1 is 1.03 bits per heavy atom. The van der Waals surface area contributed by atoms with Gasteiger partial charge >= 0.3 is 4.87 Å². The molecule has 0 radical (unpaired) electrons. The van der Waals surface area contributed by atoms with Gasteiger partial charge in [-0.1, -0.05) is 58.5 Å². The molecule has 2 unspecified atom stereocenters. The quantitative estimate of drug-likeness (QED) is 0.346. The average Bonchev–Trinajstić information content (AvgIpc) is 3.37. The summed E-state index contributed by atoms with van der Waals surface area (Å²) >= 11 is 8.11. The lowest BCUT2D eigenvalue weighted by molar-refractivity contribution is -0.122. The number of rotatable bonds is 5. The fourth-order valence-corrected chi connectivity index (χ4v) is 7.90. The lowest BCUT2D eigenvalue weighted by Gasteiger charge is -2.30. The number of amides is 3. The molecule has 0 bridgehead atoms. The number of nitrogens with zero attached hydrogens (tertiary/aromatic N) is 3. The standard InChI is InChI=1S/C28H21ClN4O4S2/c1-15-4-10-19(11-5-15)33-25(35)22-21(16-3-2-12-30-13-16)24-27(38-23(22)26(33)36)32(28(37)39-24)14-20(34)31-18-8-6-17(29)7-9-18/h2-13,21-23H,14H2,1H3,(H,31,34)/t21-,22?,23?/m0/s1. The average molecular weight is 577 g/mol. The van der Waals surface area contributed by atoms with Crippen molar-refractivity contribution in [2.45, 2.75) is 29.7 Å². The molecule has 1 saturated heterocycles. The Balaban J connectivity index is 1.39. The minimum Gasteiger partial charge on any atom is -0.325 e. The smallest absolute Gasteiger partial charge is 0.308 e. The molecule has 39 heavy (non-hydrogen) atoms. The van der Waals surface area contributed by atoms with Gasteiger partial charge in [0, 0.05) is 33.9 Å². The van der Waals surface area contributed by atoms with Gasteiger partial charge < -0.3 is 5.32 Å². The molecule has 3 amide bonds. The van der Waals surface area contributed by atoms with Crippen LogP contribution < -0.4 is 15.1 Å². The predicted molar refractivity (Wildman–Crippen MR) is 152 cm³/mol. The molecule has 0 spiro atoms. The van der Waals surface area contributed by atoms with E-state index in [4.69, 9.17) is 11.6 Å². The zero-order valence-electron chi connectivity index (χ0n) is 20.5. The van der Waals surface area contributed by atoms with Crippen LogP contribution in [0.15, 0.2) is 82.9 Å². The molecule has 1 N–H and O–H groups in total. The molecule has 2 aromatic carbocycles. The van der Waals surface area contributed by atoms with Crippen LogP contribution in [0.4, 0.5) is 11.4 Å². The highest BCUT2D eigenvalue weighted by molar-refractivity contribution is 8.00. The Labute approximate surface area is 236 Å². The van der Waals surface area contributed by atoms with Gasteiger partial charge in [-0.2, -0.15) is 0 Å².